The Bertz CT molecular complexity index is 1320. The molecule has 0 bridgehead atoms. The average molecular weight is 581 g/mol. The van der Waals surface area contributed by atoms with E-state index in [1.54, 1.807) is 11.0 Å². The molecule has 1 unspecified atom stereocenters. The molecule has 3 N–H and O–H groups in total. The van der Waals surface area contributed by atoms with Crippen molar-refractivity contribution in [2.24, 2.45) is 5.92 Å². The summed E-state index contributed by atoms with van der Waals surface area (Å²) in [5, 5.41) is 17.0. The summed E-state index contributed by atoms with van der Waals surface area (Å²) in [5.41, 5.74) is 2.08. The molecule has 3 fully saturated rings. The second-order valence-corrected chi connectivity index (χ2v) is 11.8. The molecule has 6 rings (SSSR count). The fourth-order valence-corrected chi connectivity index (χ4v) is 6.47. The number of hydrogen-bond acceptors (Lipinski definition) is 8. The van der Waals surface area contributed by atoms with Gasteiger partial charge in [-0.25, -0.2) is 9.97 Å². The van der Waals surface area contributed by atoms with Gasteiger partial charge in [-0.2, -0.15) is 0 Å². The van der Waals surface area contributed by atoms with Crippen LogP contribution in [0.25, 0.3) is 6.08 Å². The normalized spacial score (nSPS) is 21.6. The molecule has 10 nitrogen and oxygen atoms in total. The third-order valence-corrected chi connectivity index (χ3v) is 8.86. The molecule has 11 heteroatoms. The molecule has 3 aliphatic heterocycles. The van der Waals surface area contributed by atoms with Gasteiger partial charge in [-0.1, -0.05) is 24.4 Å². The molecule has 218 valence electrons. The van der Waals surface area contributed by atoms with Gasteiger partial charge in [-0.3, -0.25) is 9.59 Å². The molecule has 1 aliphatic carbocycles. The molecule has 4 aliphatic rings. The number of fused-ring (bicyclic) bond motifs is 1. The Kier molecular flexibility index (Phi) is 8.30. The maximum absolute atomic E-state index is 13.1. The molecule has 41 heavy (non-hydrogen) atoms. The lowest BCUT2D eigenvalue weighted by molar-refractivity contribution is -0.137. The van der Waals surface area contributed by atoms with Gasteiger partial charge in [0.15, 0.2) is 0 Å². The van der Waals surface area contributed by atoms with Crippen molar-refractivity contribution in [3.63, 3.8) is 0 Å². The van der Waals surface area contributed by atoms with Crippen molar-refractivity contribution in [3.05, 3.63) is 40.7 Å². The van der Waals surface area contributed by atoms with Crippen LogP contribution in [0.5, 0.6) is 5.75 Å². The predicted octanol–water partition coefficient (Wildman–Crippen LogP) is 4.23. The Morgan fingerprint density at radius 2 is 1.83 bits per heavy atom. The van der Waals surface area contributed by atoms with E-state index in [9.17, 15) is 14.7 Å². The monoisotopic (exact) mass is 580 g/mol. The molecule has 1 atom stereocenters. The van der Waals surface area contributed by atoms with E-state index in [-0.39, 0.29) is 17.9 Å². The van der Waals surface area contributed by atoms with Crippen molar-refractivity contribution < 1.29 is 19.4 Å². The number of nitrogens with zero attached hydrogens (tertiary/aromatic N) is 4. The van der Waals surface area contributed by atoms with Gasteiger partial charge in [0.2, 0.25) is 11.8 Å². The van der Waals surface area contributed by atoms with Crippen LogP contribution in [-0.4, -0.2) is 81.6 Å². The summed E-state index contributed by atoms with van der Waals surface area (Å²) in [5.74, 6) is 2.28. The van der Waals surface area contributed by atoms with Crippen LogP contribution < -0.4 is 15.4 Å². The predicted molar refractivity (Wildman–Crippen MR) is 157 cm³/mol. The standard InChI is InChI=1S/C30H37ClN6O4/c31-25-16-21(5-6-26(25)41-23-9-13-36(14-10-23)29(39)19-3-1-2-4-19)35-28-24-15-20(7-11-32-27(24)33-18-34-28)30(40)37-12-8-22(38)17-37/h5-6,15-16,18-19,22-23,38H,1-4,7-14,17H2,(H2,32,33,34,35). The van der Waals surface area contributed by atoms with E-state index in [1.807, 2.05) is 23.1 Å². The molecule has 1 saturated carbocycles. The zero-order valence-corrected chi connectivity index (χ0v) is 23.9. The topological polar surface area (TPSA) is 120 Å². The summed E-state index contributed by atoms with van der Waals surface area (Å²) in [7, 11) is 0. The highest BCUT2D eigenvalue weighted by Crippen LogP contribution is 2.34. The summed E-state index contributed by atoms with van der Waals surface area (Å²) in [6.07, 6.45) is 9.98. The Labute approximate surface area is 245 Å². The molecule has 2 amide bonds. The van der Waals surface area contributed by atoms with E-state index in [1.165, 1.54) is 6.33 Å². The van der Waals surface area contributed by atoms with Crippen LogP contribution in [0, 0.1) is 5.92 Å². The number of hydrogen-bond donors (Lipinski definition) is 3. The summed E-state index contributed by atoms with van der Waals surface area (Å²) < 4.78 is 6.25. The first-order valence-electron chi connectivity index (χ1n) is 14.7. The molecule has 1 aromatic carbocycles. The van der Waals surface area contributed by atoms with Gasteiger partial charge in [0, 0.05) is 62.7 Å². The minimum absolute atomic E-state index is 0.0143. The average Bonchev–Trinajstić information content (AvgIpc) is 3.62. The van der Waals surface area contributed by atoms with E-state index < -0.39 is 6.10 Å². The van der Waals surface area contributed by atoms with Crippen LogP contribution in [-0.2, 0) is 9.59 Å². The number of aliphatic hydroxyl groups is 1. The second-order valence-electron chi connectivity index (χ2n) is 11.4. The van der Waals surface area contributed by atoms with Gasteiger partial charge < -0.3 is 30.3 Å². The van der Waals surface area contributed by atoms with Crippen molar-refractivity contribution in [1.82, 2.24) is 19.8 Å². The number of aromatic nitrogens is 2. The largest absolute Gasteiger partial charge is 0.489 e. The molecule has 2 saturated heterocycles. The number of carbonyl (C=O) groups excluding carboxylic acids is 2. The molecule has 1 aromatic heterocycles. The van der Waals surface area contributed by atoms with Crippen LogP contribution in [0.4, 0.5) is 17.3 Å². The number of carbonyl (C=O) groups is 2. The maximum Gasteiger partial charge on any atom is 0.249 e. The van der Waals surface area contributed by atoms with Crippen molar-refractivity contribution in [2.75, 3.05) is 43.4 Å². The van der Waals surface area contributed by atoms with Crippen molar-refractivity contribution in [3.8, 4) is 5.75 Å². The number of halogens is 1. The molecule has 2 aromatic rings. The lowest BCUT2D eigenvalue weighted by atomic mass is 10.0. The fourth-order valence-electron chi connectivity index (χ4n) is 6.25. The van der Waals surface area contributed by atoms with Crippen LogP contribution >= 0.6 is 11.6 Å². The Hall–Kier alpha value is -3.37. The first kappa shape index (κ1) is 27.8. The summed E-state index contributed by atoms with van der Waals surface area (Å²) in [6, 6.07) is 5.54. The van der Waals surface area contributed by atoms with Gasteiger partial charge in [0.25, 0.3) is 0 Å². The lowest BCUT2D eigenvalue weighted by Crippen LogP contribution is -2.44. The zero-order chi connectivity index (χ0) is 28.3. The highest BCUT2D eigenvalue weighted by Gasteiger charge is 2.31. The van der Waals surface area contributed by atoms with E-state index in [4.69, 9.17) is 16.3 Å². The van der Waals surface area contributed by atoms with Crippen LogP contribution in [0.1, 0.15) is 56.9 Å². The van der Waals surface area contributed by atoms with Crippen LogP contribution in [0.3, 0.4) is 0 Å². The number of β-amino-alcohol motifs (C(OH)–C–C–N with tert-alkyl or cyclic N) is 1. The number of ether oxygens (including phenoxy) is 1. The Morgan fingerprint density at radius 3 is 2.56 bits per heavy atom. The van der Waals surface area contributed by atoms with Crippen molar-refractivity contribution in [1.29, 1.82) is 0 Å². The second kappa shape index (κ2) is 12.2. The van der Waals surface area contributed by atoms with Gasteiger partial charge in [-0.15, -0.1) is 0 Å². The number of rotatable bonds is 6. The molecule has 0 spiro atoms. The van der Waals surface area contributed by atoms with Gasteiger partial charge in [0.05, 0.1) is 16.7 Å². The van der Waals surface area contributed by atoms with Gasteiger partial charge in [0.1, 0.15) is 29.8 Å². The third-order valence-electron chi connectivity index (χ3n) is 8.56. The minimum atomic E-state index is -0.466. The lowest BCUT2D eigenvalue weighted by Gasteiger charge is -2.33. The molecular formula is C30H37ClN6O4. The number of amides is 2. The van der Waals surface area contributed by atoms with E-state index >= 15 is 0 Å². The van der Waals surface area contributed by atoms with Gasteiger partial charge >= 0.3 is 0 Å². The summed E-state index contributed by atoms with van der Waals surface area (Å²) in [6.45, 7) is 2.93. The number of benzene rings is 1. The van der Waals surface area contributed by atoms with Crippen molar-refractivity contribution in [2.45, 2.75) is 63.6 Å². The first-order valence-corrected chi connectivity index (χ1v) is 15.1. The number of aliphatic hydroxyl groups excluding tert-OH is 1. The summed E-state index contributed by atoms with van der Waals surface area (Å²) >= 11 is 6.64. The number of anilines is 3. The maximum atomic E-state index is 13.1. The van der Waals surface area contributed by atoms with E-state index in [0.717, 1.165) is 57.3 Å². The molecular weight excluding hydrogens is 544 g/mol. The SMILES string of the molecule is O=C(C1=Cc2c(ncnc2Nc2ccc(OC3CCN(C(=O)C4CCCC4)CC3)c(Cl)c2)NCC1)N1CCC(O)C1. The van der Waals surface area contributed by atoms with E-state index in [2.05, 4.69) is 20.6 Å². The van der Waals surface area contributed by atoms with E-state index in [0.29, 0.717) is 71.9 Å². The first-order chi connectivity index (χ1) is 19.9. The Balaban J connectivity index is 1.11. The number of piperidine rings is 1. The third kappa shape index (κ3) is 6.28. The fraction of sp³-hybridized carbons (Fsp3) is 0.533. The van der Waals surface area contributed by atoms with Crippen LogP contribution in [0.2, 0.25) is 5.02 Å². The van der Waals surface area contributed by atoms with Crippen LogP contribution in [0.15, 0.2) is 30.1 Å². The number of nitrogens with one attached hydrogen (secondary N) is 2. The highest BCUT2D eigenvalue weighted by atomic mass is 35.5. The summed E-state index contributed by atoms with van der Waals surface area (Å²) in [4.78, 5) is 38.4. The number of likely N-dealkylation sites (tertiary alicyclic amines) is 2. The zero-order valence-electron chi connectivity index (χ0n) is 23.1. The highest BCUT2D eigenvalue weighted by molar-refractivity contribution is 6.32. The Morgan fingerprint density at radius 1 is 1.05 bits per heavy atom. The minimum Gasteiger partial charge on any atom is -0.489 e. The smallest absolute Gasteiger partial charge is 0.249 e. The van der Waals surface area contributed by atoms with Crippen molar-refractivity contribution >= 4 is 46.8 Å². The van der Waals surface area contributed by atoms with Gasteiger partial charge in [-0.05, 0) is 50.0 Å². The quantitative estimate of drug-likeness (QED) is 0.464. The molecule has 0 radical (unpaired) electrons. The molecule has 4 heterocycles.